The minimum Gasteiger partial charge on any atom is -0.388 e. The van der Waals surface area contributed by atoms with Crippen LogP contribution in [0.3, 0.4) is 0 Å². The number of ether oxygens (including phenoxy) is 5. The molecule has 1 N–H and O–H groups in total. The summed E-state index contributed by atoms with van der Waals surface area (Å²) in [6.45, 7) is 8.16. The molecule has 6 heteroatoms. The van der Waals surface area contributed by atoms with Gasteiger partial charge in [-0.1, -0.05) is 36.4 Å². The van der Waals surface area contributed by atoms with Crippen LogP contribution >= 0.6 is 0 Å². The van der Waals surface area contributed by atoms with Gasteiger partial charge in [-0.3, -0.25) is 0 Å². The fourth-order valence-corrected chi connectivity index (χ4v) is 3.14. The highest BCUT2D eigenvalue weighted by Crippen LogP contribution is 2.40. The van der Waals surface area contributed by atoms with E-state index in [1.54, 1.807) is 6.08 Å². The summed E-state index contributed by atoms with van der Waals surface area (Å²) in [5.41, 5.74) is 1.04. The molecule has 1 aromatic rings. The van der Waals surface area contributed by atoms with Crippen LogP contribution in [0.2, 0.25) is 0 Å². The summed E-state index contributed by atoms with van der Waals surface area (Å²) in [6, 6.07) is 9.85. The van der Waals surface area contributed by atoms with Crippen molar-refractivity contribution in [3.8, 4) is 0 Å². The zero-order valence-corrected chi connectivity index (χ0v) is 14.7. The van der Waals surface area contributed by atoms with Crippen LogP contribution < -0.4 is 0 Å². The molecule has 0 spiro atoms. The van der Waals surface area contributed by atoms with E-state index in [1.807, 2.05) is 44.2 Å². The van der Waals surface area contributed by atoms with Crippen LogP contribution in [-0.2, 0) is 30.3 Å². The van der Waals surface area contributed by atoms with E-state index < -0.39 is 36.5 Å². The van der Waals surface area contributed by atoms with Crippen molar-refractivity contribution in [2.45, 2.75) is 56.9 Å². The number of rotatable bonds is 8. The smallest absolute Gasteiger partial charge is 0.190 e. The molecule has 2 heterocycles. The van der Waals surface area contributed by atoms with Crippen LogP contribution in [0.5, 0.6) is 0 Å². The molecular weight excluding hydrogens is 324 g/mol. The molecule has 1 aromatic carbocycles. The first kappa shape index (κ1) is 18.5. The molecule has 0 unspecified atom stereocenters. The first-order valence-corrected chi connectivity index (χ1v) is 8.53. The van der Waals surface area contributed by atoms with Crippen LogP contribution in [0.25, 0.3) is 0 Å². The van der Waals surface area contributed by atoms with Gasteiger partial charge in [-0.2, -0.15) is 0 Å². The first-order valence-electron chi connectivity index (χ1n) is 8.53. The van der Waals surface area contributed by atoms with E-state index >= 15 is 0 Å². The minimum absolute atomic E-state index is 0.130. The van der Waals surface area contributed by atoms with Crippen molar-refractivity contribution in [1.29, 1.82) is 0 Å². The molecule has 0 bridgehead atoms. The molecule has 0 amide bonds. The summed E-state index contributed by atoms with van der Waals surface area (Å²) in [5.74, 6) is -0.737. The summed E-state index contributed by atoms with van der Waals surface area (Å²) in [7, 11) is 0. The molecule has 0 radical (unpaired) electrons. The van der Waals surface area contributed by atoms with Crippen LogP contribution in [0.1, 0.15) is 19.4 Å². The number of aliphatic hydroxyl groups excluding tert-OH is 1. The molecular formula is C19H26O6. The van der Waals surface area contributed by atoms with Crippen LogP contribution in [0, 0.1) is 0 Å². The molecule has 2 aliphatic heterocycles. The molecule has 6 nitrogen and oxygen atoms in total. The van der Waals surface area contributed by atoms with Gasteiger partial charge in [0.1, 0.15) is 24.4 Å². The van der Waals surface area contributed by atoms with Gasteiger partial charge in [0.2, 0.25) is 0 Å². The average Bonchev–Trinajstić information content (AvgIpc) is 3.06. The van der Waals surface area contributed by atoms with Crippen molar-refractivity contribution in [3.63, 3.8) is 0 Å². The summed E-state index contributed by atoms with van der Waals surface area (Å²) in [5, 5.41) is 10.5. The molecule has 5 atom stereocenters. The second-order valence-electron chi connectivity index (χ2n) is 6.72. The predicted molar refractivity (Wildman–Crippen MR) is 90.7 cm³/mol. The Morgan fingerprint density at radius 1 is 1.28 bits per heavy atom. The molecule has 2 aliphatic rings. The summed E-state index contributed by atoms with van der Waals surface area (Å²) in [6.07, 6.45) is -1.20. The molecule has 0 aliphatic carbocycles. The maximum atomic E-state index is 10.5. The van der Waals surface area contributed by atoms with E-state index in [0.29, 0.717) is 13.2 Å². The fourth-order valence-electron chi connectivity index (χ4n) is 3.14. The van der Waals surface area contributed by atoms with Gasteiger partial charge >= 0.3 is 0 Å². The first-order chi connectivity index (χ1) is 12.0. The topological polar surface area (TPSA) is 66.4 Å². The van der Waals surface area contributed by atoms with Gasteiger partial charge in [0, 0.05) is 0 Å². The third kappa shape index (κ3) is 4.47. The molecule has 2 saturated heterocycles. The Kier molecular flexibility index (Phi) is 5.89. The minimum atomic E-state index is -0.846. The molecule has 3 rings (SSSR count). The van der Waals surface area contributed by atoms with Crippen LogP contribution in [-0.4, -0.2) is 54.8 Å². The third-order valence-corrected chi connectivity index (χ3v) is 4.22. The highest BCUT2D eigenvalue weighted by atomic mass is 16.8. The average molecular weight is 350 g/mol. The van der Waals surface area contributed by atoms with E-state index in [0.717, 1.165) is 5.56 Å². The highest BCUT2D eigenvalue weighted by molar-refractivity contribution is 5.13. The Bertz CT molecular complexity index is 560. The number of fused-ring (bicyclic) bond motifs is 1. The summed E-state index contributed by atoms with van der Waals surface area (Å²) in [4.78, 5) is 0. The quantitative estimate of drug-likeness (QED) is 0.571. The molecule has 0 saturated carbocycles. The monoisotopic (exact) mass is 350 g/mol. The maximum absolute atomic E-state index is 10.5. The standard InChI is InChI=1S/C19H26O6/c1-4-10-21-12-14(20)15-16(22-11-13-8-6-5-7-9-13)17-18(23-15)25-19(2,3)24-17/h4-9,14-18,20H,1,10-12H2,2-3H3/t14-,15+,16-,17+,18+/m0/s1. The van der Waals surface area contributed by atoms with Gasteiger partial charge in [-0.05, 0) is 19.4 Å². The number of benzene rings is 1. The molecule has 138 valence electrons. The Morgan fingerprint density at radius 2 is 2.04 bits per heavy atom. The Morgan fingerprint density at radius 3 is 2.76 bits per heavy atom. The molecule has 0 aromatic heterocycles. The summed E-state index contributed by atoms with van der Waals surface area (Å²) >= 11 is 0. The van der Waals surface area contributed by atoms with Crippen molar-refractivity contribution >= 4 is 0 Å². The van der Waals surface area contributed by atoms with Gasteiger partial charge in [0.15, 0.2) is 12.1 Å². The molecule has 2 fully saturated rings. The largest absolute Gasteiger partial charge is 0.388 e. The van der Waals surface area contributed by atoms with Gasteiger partial charge < -0.3 is 28.8 Å². The maximum Gasteiger partial charge on any atom is 0.190 e. The van der Waals surface area contributed by atoms with Gasteiger partial charge in [0.25, 0.3) is 0 Å². The second kappa shape index (κ2) is 7.95. The van der Waals surface area contributed by atoms with Crippen molar-refractivity contribution in [2.75, 3.05) is 13.2 Å². The van der Waals surface area contributed by atoms with E-state index in [4.69, 9.17) is 23.7 Å². The molecule has 25 heavy (non-hydrogen) atoms. The second-order valence-corrected chi connectivity index (χ2v) is 6.72. The van der Waals surface area contributed by atoms with Crippen molar-refractivity contribution in [1.82, 2.24) is 0 Å². The lowest BCUT2D eigenvalue weighted by atomic mass is 10.1. The number of aliphatic hydroxyl groups is 1. The Labute approximate surface area is 148 Å². The zero-order valence-electron chi connectivity index (χ0n) is 14.7. The third-order valence-electron chi connectivity index (χ3n) is 4.22. The van der Waals surface area contributed by atoms with Crippen molar-refractivity contribution in [3.05, 3.63) is 48.6 Å². The zero-order chi connectivity index (χ0) is 17.9. The van der Waals surface area contributed by atoms with E-state index in [-0.39, 0.29) is 6.61 Å². The van der Waals surface area contributed by atoms with Gasteiger partial charge in [-0.15, -0.1) is 6.58 Å². The number of hydrogen-bond acceptors (Lipinski definition) is 6. The van der Waals surface area contributed by atoms with E-state index in [2.05, 4.69) is 6.58 Å². The van der Waals surface area contributed by atoms with Crippen molar-refractivity contribution in [2.24, 2.45) is 0 Å². The normalized spacial score (nSPS) is 31.6. The fraction of sp³-hybridized carbons (Fsp3) is 0.579. The highest BCUT2D eigenvalue weighted by Gasteiger charge is 2.57. The summed E-state index contributed by atoms with van der Waals surface area (Å²) < 4.78 is 29.0. The van der Waals surface area contributed by atoms with Gasteiger partial charge in [0.05, 0.1) is 19.8 Å². The van der Waals surface area contributed by atoms with E-state index in [1.165, 1.54) is 0 Å². The lowest BCUT2D eigenvalue weighted by molar-refractivity contribution is -0.233. The number of hydrogen-bond donors (Lipinski definition) is 1. The Hall–Kier alpha value is -1.28. The van der Waals surface area contributed by atoms with E-state index in [9.17, 15) is 5.11 Å². The lowest BCUT2D eigenvalue weighted by Crippen LogP contribution is -2.44. The van der Waals surface area contributed by atoms with Gasteiger partial charge in [-0.25, -0.2) is 0 Å². The SMILES string of the molecule is C=CCOC[C@H](O)[C@H]1O[C@@H]2OC(C)(C)O[C@@H]2[C@H]1OCc1ccccc1. The van der Waals surface area contributed by atoms with Crippen LogP contribution in [0.15, 0.2) is 43.0 Å². The predicted octanol–water partition coefficient (Wildman–Crippen LogP) is 2.01. The van der Waals surface area contributed by atoms with Crippen LogP contribution in [0.4, 0.5) is 0 Å². The van der Waals surface area contributed by atoms with Crippen molar-refractivity contribution < 1.29 is 28.8 Å². The Balaban J connectivity index is 1.67. The lowest BCUT2D eigenvalue weighted by Gasteiger charge is -2.28.